The molecular formula is C12H14FN3O. The van der Waals surface area contributed by atoms with Crippen molar-refractivity contribution in [2.45, 2.75) is 13.0 Å². The van der Waals surface area contributed by atoms with E-state index in [4.69, 9.17) is 5.73 Å². The number of nitrogens with one attached hydrogen (secondary N) is 2. The predicted octanol–water partition coefficient (Wildman–Crippen LogP) is 1.38. The standard InChI is InChI=1S/C12H14FN3O/c1-7(14)6-15-12(17)11-5-8-9(13)3-2-4-10(8)16-11/h2-5,7,16H,6,14H2,1H3,(H,15,17). The Morgan fingerprint density at radius 2 is 2.35 bits per heavy atom. The molecule has 4 nitrogen and oxygen atoms in total. The third-order valence-electron chi connectivity index (χ3n) is 2.44. The average molecular weight is 235 g/mol. The Bertz CT molecular complexity index is 548. The highest BCUT2D eigenvalue weighted by molar-refractivity contribution is 5.98. The van der Waals surface area contributed by atoms with E-state index in [0.717, 1.165) is 0 Å². The van der Waals surface area contributed by atoms with Gasteiger partial charge in [-0.25, -0.2) is 4.39 Å². The zero-order chi connectivity index (χ0) is 12.4. The first-order valence-electron chi connectivity index (χ1n) is 5.39. The normalized spacial score (nSPS) is 12.6. The van der Waals surface area contributed by atoms with Gasteiger partial charge in [-0.1, -0.05) is 6.07 Å². The lowest BCUT2D eigenvalue weighted by Crippen LogP contribution is -2.35. The van der Waals surface area contributed by atoms with Crippen molar-refractivity contribution >= 4 is 16.8 Å². The summed E-state index contributed by atoms with van der Waals surface area (Å²) in [6.45, 7) is 2.18. The fraction of sp³-hybridized carbons (Fsp3) is 0.250. The third-order valence-corrected chi connectivity index (χ3v) is 2.44. The summed E-state index contributed by atoms with van der Waals surface area (Å²) in [5, 5.41) is 3.08. The van der Waals surface area contributed by atoms with E-state index in [0.29, 0.717) is 23.1 Å². The maximum atomic E-state index is 13.4. The summed E-state index contributed by atoms with van der Waals surface area (Å²) in [4.78, 5) is 14.6. The molecule has 1 aromatic carbocycles. The van der Waals surface area contributed by atoms with Crippen molar-refractivity contribution in [3.63, 3.8) is 0 Å². The van der Waals surface area contributed by atoms with Crippen molar-refractivity contribution in [2.75, 3.05) is 6.54 Å². The zero-order valence-electron chi connectivity index (χ0n) is 9.46. The lowest BCUT2D eigenvalue weighted by molar-refractivity contribution is 0.0947. The molecule has 1 amide bonds. The SMILES string of the molecule is CC(N)CNC(=O)c1cc2c(F)cccc2[nH]1. The summed E-state index contributed by atoms with van der Waals surface area (Å²) in [6, 6.07) is 6.07. The molecule has 5 heteroatoms. The molecule has 1 unspecified atom stereocenters. The number of aromatic amines is 1. The molecule has 1 aromatic heterocycles. The zero-order valence-corrected chi connectivity index (χ0v) is 9.46. The number of hydrogen-bond donors (Lipinski definition) is 3. The maximum Gasteiger partial charge on any atom is 0.267 e. The van der Waals surface area contributed by atoms with Gasteiger partial charge in [0.15, 0.2) is 0 Å². The molecule has 2 aromatic rings. The number of H-pyrrole nitrogens is 1. The second-order valence-corrected chi connectivity index (χ2v) is 4.07. The molecule has 0 bridgehead atoms. The highest BCUT2D eigenvalue weighted by Crippen LogP contribution is 2.18. The molecule has 0 saturated carbocycles. The third kappa shape index (κ3) is 2.45. The number of carbonyl (C=O) groups is 1. The van der Waals surface area contributed by atoms with Crippen LogP contribution in [0.15, 0.2) is 24.3 Å². The maximum absolute atomic E-state index is 13.4. The molecule has 4 N–H and O–H groups in total. The number of amides is 1. The van der Waals surface area contributed by atoms with Crippen molar-refractivity contribution in [1.29, 1.82) is 0 Å². The van der Waals surface area contributed by atoms with E-state index in [1.165, 1.54) is 12.1 Å². The van der Waals surface area contributed by atoms with Crippen LogP contribution < -0.4 is 11.1 Å². The van der Waals surface area contributed by atoms with Crippen LogP contribution in [0.2, 0.25) is 0 Å². The first-order chi connectivity index (χ1) is 8.08. The summed E-state index contributed by atoms with van der Waals surface area (Å²) in [7, 11) is 0. The first-order valence-corrected chi connectivity index (χ1v) is 5.39. The molecule has 2 rings (SSSR count). The minimum Gasteiger partial charge on any atom is -0.350 e. The number of rotatable bonds is 3. The number of hydrogen-bond acceptors (Lipinski definition) is 2. The van der Waals surface area contributed by atoms with Crippen LogP contribution in [0.3, 0.4) is 0 Å². The Hall–Kier alpha value is -1.88. The van der Waals surface area contributed by atoms with Crippen LogP contribution in [0.4, 0.5) is 4.39 Å². The van der Waals surface area contributed by atoms with E-state index in [9.17, 15) is 9.18 Å². The molecule has 17 heavy (non-hydrogen) atoms. The van der Waals surface area contributed by atoms with Crippen molar-refractivity contribution in [2.24, 2.45) is 5.73 Å². The fourth-order valence-corrected chi connectivity index (χ4v) is 1.59. The molecule has 0 aliphatic rings. The van der Waals surface area contributed by atoms with Crippen LogP contribution in [0.25, 0.3) is 10.9 Å². The first kappa shape index (κ1) is 11.6. The highest BCUT2D eigenvalue weighted by Gasteiger charge is 2.11. The minimum atomic E-state index is -0.343. The van der Waals surface area contributed by atoms with Crippen LogP contribution in [-0.2, 0) is 0 Å². The van der Waals surface area contributed by atoms with Gasteiger partial charge in [0.05, 0.1) is 0 Å². The van der Waals surface area contributed by atoms with Gasteiger partial charge in [-0.05, 0) is 25.1 Å². The smallest absolute Gasteiger partial charge is 0.267 e. The van der Waals surface area contributed by atoms with Crippen molar-refractivity contribution in [3.05, 3.63) is 35.8 Å². The summed E-state index contributed by atoms with van der Waals surface area (Å²) in [6.07, 6.45) is 0. The van der Waals surface area contributed by atoms with Crippen LogP contribution >= 0.6 is 0 Å². The number of halogens is 1. The number of fused-ring (bicyclic) bond motifs is 1. The molecule has 0 fully saturated rings. The van der Waals surface area contributed by atoms with Crippen molar-refractivity contribution < 1.29 is 9.18 Å². The summed E-state index contributed by atoms with van der Waals surface area (Å²) in [5.74, 6) is -0.622. The summed E-state index contributed by atoms with van der Waals surface area (Å²) >= 11 is 0. The summed E-state index contributed by atoms with van der Waals surface area (Å²) in [5.41, 5.74) is 6.48. The van der Waals surface area contributed by atoms with E-state index in [2.05, 4.69) is 10.3 Å². The van der Waals surface area contributed by atoms with Gasteiger partial charge in [-0.15, -0.1) is 0 Å². The second-order valence-electron chi connectivity index (χ2n) is 4.07. The van der Waals surface area contributed by atoms with E-state index in [1.807, 2.05) is 0 Å². The topological polar surface area (TPSA) is 70.9 Å². The predicted molar refractivity (Wildman–Crippen MR) is 64.2 cm³/mol. The van der Waals surface area contributed by atoms with Gasteiger partial charge in [0.1, 0.15) is 11.5 Å². The van der Waals surface area contributed by atoms with E-state index in [1.54, 1.807) is 19.1 Å². The Morgan fingerprint density at radius 3 is 3.00 bits per heavy atom. The van der Waals surface area contributed by atoms with Gasteiger partial charge in [0.25, 0.3) is 5.91 Å². The van der Waals surface area contributed by atoms with Gasteiger partial charge in [0, 0.05) is 23.5 Å². The van der Waals surface area contributed by atoms with Gasteiger partial charge in [0.2, 0.25) is 0 Å². The second kappa shape index (κ2) is 4.55. The lowest BCUT2D eigenvalue weighted by atomic mass is 10.2. The van der Waals surface area contributed by atoms with E-state index < -0.39 is 0 Å². The number of carbonyl (C=O) groups excluding carboxylic acids is 1. The molecule has 0 spiro atoms. The number of benzene rings is 1. The molecule has 0 aliphatic heterocycles. The lowest BCUT2D eigenvalue weighted by Gasteiger charge is -2.05. The Morgan fingerprint density at radius 1 is 1.59 bits per heavy atom. The molecule has 1 atom stereocenters. The summed E-state index contributed by atoms with van der Waals surface area (Å²) < 4.78 is 13.4. The van der Waals surface area contributed by atoms with Crippen molar-refractivity contribution in [3.8, 4) is 0 Å². The molecule has 0 radical (unpaired) electrons. The van der Waals surface area contributed by atoms with E-state index in [-0.39, 0.29) is 17.8 Å². The fourth-order valence-electron chi connectivity index (χ4n) is 1.59. The van der Waals surface area contributed by atoms with Gasteiger partial charge in [-0.3, -0.25) is 4.79 Å². The molecular weight excluding hydrogens is 221 g/mol. The van der Waals surface area contributed by atoms with Crippen LogP contribution in [-0.4, -0.2) is 23.5 Å². The molecule has 90 valence electrons. The van der Waals surface area contributed by atoms with Crippen LogP contribution in [0.5, 0.6) is 0 Å². The number of aromatic nitrogens is 1. The van der Waals surface area contributed by atoms with Gasteiger partial charge >= 0.3 is 0 Å². The molecule has 0 aliphatic carbocycles. The largest absolute Gasteiger partial charge is 0.350 e. The van der Waals surface area contributed by atoms with Crippen LogP contribution in [0, 0.1) is 5.82 Å². The van der Waals surface area contributed by atoms with Gasteiger partial charge in [-0.2, -0.15) is 0 Å². The van der Waals surface area contributed by atoms with Crippen molar-refractivity contribution in [1.82, 2.24) is 10.3 Å². The van der Waals surface area contributed by atoms with Gasteiger partial charge < -0.3 is 16.0 Å². The Kier molecular flexibility index (Phi) is 3.10. The van der Waals surface area contributed by atoms with Crippen LogP contribution in [0.1, 0.15) is 17.4 Å². The monoisotopic (exact) mass is 235 g/mol. The Labute approximate surface area is 98.0 Å². The molecule has 0 saturated heterocycles. The average Bonchev–Trinajstić information content (AvgIpc) is 2.71. The minimum absolute atomic E-state index is 0.111. The number of nitrogens with two attached hydrogens (primary N) is 1. The quantitative estimate of drug-likeness (QED) is 0.752. The Balaban J connectivity index is 2.24. The molecule has 1 heterocycles. The van der Waals surface area contributed by atoms with E-state index >= 15 is 0 Å². The highest BCUT2D eigenvalue weighted by atomic mass is 19.1.